The lowest BCUT2D eigenvalue weighted by Crippen LogP contribution is -2.66. The maximum absolute atomic E-state index is 13.6. The van der Waals surface area contributed by atoms with Crippen LogP contribution < -0.4 is 5.32 Å². The number of nitrogens with one attached hydrogen (secondary N) is 1. The van der Waals surface area contributed by atoms with Crippen molar-refractivity contribution in [3.05, 3.63) is 48.6 Å². The van der Waals surface area contributed by atoms with Gasteiger partial charge in [0.25, 0.3) is 0 Å². The van der Waals surface area contributed by atoms with Gasteiger partial charge in [0.2, 0.25) is 5.91 Å². The van der Waals surface area contributed by atoms with Gasteiger partial charge in [-0.2, -0.15) is 0 Å². The third kappa shape index (κ3) is 49.1. The van der Waals surface area contributed by atoms with Gasteiger partial charge in [0.15, 0.2) is 18.9 Å². The van der Waals surface area contributed by atoms with Crippen LogP contribution in [0, 0.1) is 0 Å². The monoisotopic (exact) mass is 1560 g/mol. The Labute approximate surface area is 669 Å². The van der Waals surface area contributed by atoms with E-state index >= 15 is 0 Å². The quantitative estimate of drug-likeness (QED) is 0.0199. The summed E-state index contributed by atoms with van der Waals surface area (Å²) in [6.45, 7) is 1.76. The Balaban J connectivity index is 1.31. The Bertz CT molecular complexity index is 2170. The zero-order chi connectivity index (χ0) is 79.5. The van der Waals surface area contributed by atoms with Gasteiger partial charge in [0.1, 0.15) is 73.2 Å². The Hall–Kier alpha value is -2.25. The Kier molecular flexibility index (Phi) is 65.7. The van der Waals surface area contributed by atoms with E-state index in [1.165, 1.54) is 289 Å². The first-order valence-electron chi connectivity index (χ1n) is 45.9. The van der Waals surface area contributed by atoms with Crippen molar-refractivity contribution >= 4 is 5.91 Å². The molecule has 0 saturated carbocycles. The van der Waals surface area contributed by atoms with Crippen LogP contribution in [0.5, 0.6) is 0 Å². The largest absolute Gasteiger partial charge is 0.394 e. The number of carbonyl (C=O) groups excluding carboxylic acids is 1. The number of allylic oxidation sites excluding steroid dienone is 8. The molecule has 19 nitrogen and oxygen atoms in total. The summed E-state index contributed by atoms with van der Waals surface area (Å²) in [7, 11) is 0. The molecule has 0 bridgehead atoms. The van der Waals surface area contributed by atoms with Gasteiger partial charge in [0.05, 0.1) is 38.6 Å². The van der Waals surface area contributed by atoms with Gasteiger partial charge < -0.3 is 89.9 Å². The van der Waals surface area contributed by atoms with Crippen LogP contribution in [0.2, 0.25) is 0 Å². The second kappa shape index (κ2) is 70.9. The highest BCUT2D eigenvalue weighted by atomic mass is 16.8. The second-order valence-corrected chi connectivity index (χ2v) is 32.7. The normalized spacial score (nSPS) is 25.3. The van der Waals surface area contributed by atoms with Crippen LogP contribution >= 0.6 is 0 Å². The fourth-order valence-electron chi connectivity index (χ4n) is 15.7. The Morgan fingerprint density at radius 3 is 0.982 bits per heavy atom. The van der Waals surface area contributed by atoms with Crippen LogP contribution in [-0.4, -0.2) is 193 Å². The van der Waals surface area contributed by atoms with Crippen molar-refractivity contribution in [3.8, 4) is 0 Å². The molecule has 0 aliphatic carbocycles. The standard InChI is InChI=1S/C91H169NO18/c1-3-5-7-9-11-13-15-17-19-21-23-25-27-29-31-33-35-36-37-38-39-41-43-45-47-49-51-53-55-57-59-61-63-65-67-69-79(97)92-74(75(96)68-66-64-62-60-58-56-54-52-50-48-46-44-42-40-34-32-30-28-26-24-22-20-18-16-14-12-10-8-6-4-2)73-105-89-85(103)82(100)87(77(71-94)107-89)110-91-86(104)83(101)88(78(72-95)108-91)109-90-84(102)81(99)80(98)76(70-93)106-90/h5,7,11,13,17,19,23,25,74-78,80-91,93-96,98-104H,3-4,6,8-10,12,14-16,18,20-22,24,26-73H2,1-2H3,(H,92,97)/b7-5-,13-11-,19-17-,25-23-. The summed E-state index contributed by atoms with van der Waals surface area (Å²) in [6, 6.07) is -0.889. The van der Waals surface area contributed by atoms with Crippen molar-refractivity contribution in [2.75, 3.05) is 26.4 Å². The van der Waals surface area contributed by atoms with Crippen LogP contribution in [-0.2, 0) is 33.2 Å². The van der Waals surface area contributed by atoms with Crippen molar-refractivity contribution in [1.29, 1.82) is 0 Å². The average molecular weight is 1570 g/mol. The van der Waals surface area contributed by atoms with Crippen molar-refractivity contribution in [1.82, 2.24) is 5.32 Å². The first-order chi connectivity index (χ1) is 53.8. The summed E-state index contributed by atoms with van der Waals surface area (Å²) in [6.07, 6.45) is 65.1. The molecule has 12 N–H and O–H groups in total. The van der Waals surface area contributed by atoms with Crippen molar-refractivity contribution in [3.63, 3.8) is 0 Å². The summed E-state index contributed by atoms with van der Waals surface area (Å²) < 4.78 is 34.6. The van der Waals surface area contributed by atoms with Crippen LogP contribution in [0.4, 0.5) is 0 Å². The minimum absolute atomic E-state index is 0.234. The minimum atomic E-state index is -1.97. The van der Waals surface area contributed by atoms with Gasteiger partial charge in [-0.1, -0.05) is 383 Å². The molecule has 17 atom stereocenters. The predicted molar refractivity (Wildman–Crippen MR) is 443 cm³/mol. The molecule has 3 fully saturated rings. The van der Waals surface area contributed by atoms with Gasteiger partial charge >= 0.3 is 0 Å². The highest BCUT2D eigenvalue weighted by Crippen LogP contribution is 2.34. The summed E-state index contributed by atoms with van der Waals surface area (Å²) >= 11 is 0. The number of hydrogen-bond acceptors (Lipinski definition) is 18. The molecule has 110 heavy (non-hydrogen) atoms. The molecular weight excluding hydrogens is 1390 g/mol. The number of amides is 1. The fourth-order valence-corrected chi connectivity index (χ4v) is 15.7. The number of aliphatic hydroxyl groups is 11. The van der Waals surface area contributed by atoms with Crippen LogP contribution in [0.25, 0.3) is 0 Å². The van der Waals surface area contributed by atoms with Crippen LogP contribution in [0.3, 0.4) is 0 Å². The molecule has 3 saturated heterocycles. The number of aliphatic hydroxyl groups excluding tert-OH is 11. The number of rotatable bonds is 75. The molecule has 0 aromatic rings. The highest BCUT2D eigenvalue weighted by molar-refractivity contribution is 5.76. The van der Waals surface area contributed by atoms with E-state index in [-0.39, 0.29) is 18.9 Å². The lowest BCUT2D eigenvalue weighted by molar-refractivity contribution is -0.379. The van der Waals surface area contributed by atoms with E-state index in [1.807, 2.05) is 0 Å². The predicted octanol–water partition coefficient (Wildman–Crippen LogP) is 17.6. The molecule has 17 unspecified atom stereocenters. The average Bonchev–Trinajstić information content (AvgIpc) is 0.795. The van der Waals surface area contributed by atoms with Crippen molar-refractivity contribution in [2.24, 2.45) is 0 Å². The summed E-state index contributed by atoms with van der Waals surface area (Å²) in [5, 5.41) is 121. The molecule has 0 spiro atoms. The van der Waals surface area contributed by atoms with E-state index in [4.69, 9.17) is 28.4 Å². The fraction of sp³-hybridized carbons (Fsp3) is 0.901. The molecule has 3 aliphatic rings. The van der Waals surface area contributed by atoms with Gasteiger partial charge in [-0.15, -0.1) is 0 Å². The van der Waals surface area contributed by atoms with Gasteiger partial charge in [-0.25, -0.2) is 0 Å². The number of carbonyl (C=O) groups is 1. The van der Waals surface area contributed by atoms with Crippen LogP contribution in [0.1, 0.15) is 393 Å². The third-order valence-electron chi connectivity index (χ3n) is 22.9. The number of ether oxygens (including phenoxy) is 6. The minimum Gasteiger partial charge on any atom is -0.394 e. The zero-order valence-corrected chi connectivity index (χ0v) is 69.8. The molecule has 646 valence electrons. The van der Waals surface area contributed by atoms with Gasteiger partial charge in [-0.05, 0) is 51.4 Å². The zero-order valence-electron chi connectivity index (χ0n) is 69.8. The lowest BCUT2D eigenvalue weighted by Gasteiger charge is -2.48. The highest BCUT2D eigenvalue weighted by Gasteiger charge is 2.54. The van der Waals surface area contributed by atoms with Crippen LogP contribution in [0.15, 0.2) is 48.6 Å². The van der Waals surface area contributed by atoms with E-state index in [1.54, 1.807) is 0 Å². The Morgan fingerprint density at radius 1 is 0.336 bits per heavy atom. The molecular formula is C91H169NO18. The van der Waals surface area contributed by atoms with E-state index in [9.17, 15) is 61.0 Å². The first-order valence-corrected chi connectivity index (χ1v) is 45.9. The smallest absolute Gasteiger partial charge is 0.220 e. The molecule has 3 heterocycles. The van der Waals surface area contributed by atoms with Crippen molar-refractivity contribution < 1.29 is 89.4 Å². The molecule has 0 aromatic carbocycles. The first kappa shape index (κ1) is 102. The lowest BCUT2D eigenvalue weighted by atomic mass is 9.96. The number of unbranched alkanes of at least 4 members (excludes halogenated alkanes) is 51. The molecule has 0 radical (unpaired) electrons. The van der Waals surface area contributed by atoms with Gasteiger partial charge in [-0.3, -0.25) is 4.79 Å². The van der Waals surface area contributed by atoms with E-state index in [0.717, 1.165) is 70.6 Å². The molecule has 19 heteroatoms. The molecule has 3 aliphatic heterocycles. The second-order valence-electron chi connectivity index (χ2n) is 32.7. The maximum atomic E-state index is 13.6. The maximum Gasteiger partial charge on any atom is 0.220 e. The SMILES string of the molecule is CC/C=C\C/C=C\C/C=C\C/C=C\CCCCCCCCCCCCCCCCCCCCCCCCC(=O)NC(COC1OC(CO)C(OC2OC(CO)C(OC3OC(CO)C(O)C(O)C3O)C(O)C2O)C(O)C1O)C(O)CCCCCCCCCCCCCCCCCCCCCCCCCCCCCCCC. The van der Waals surface area contributed by atoms with E-state index in [0.29, 0.717) is 12.8 Å². The Morgan fingerprint density at radius 2 is 0.627 bits per heavy atom. The summed E-state index contributed by atoms with van der Waals surface area (Å²) in [4.78, 5) is 13.6. The number of hydrogen-bond donors (Lipinski definition) is 12. The van der Waals surface area contributed by atoms with Gasteiger partial charge in [0, 0.05) is 6.42 Å². The van der Waals surface area contributed by atoms with E-state index < -0.39 is 124 Å². The molecule has 0 aromatic heterocycles. The molecule has 1 amide bonds. The van der Waals surface area contributed by atoms with Crippen molar-refractivity contribution in [2.45, 2.75) is 497 Å². The topological polar surface area (TPSA) is 307 Å². The summed E-state index contributed by atoms with van der Waals surface area (Å²) in [5.41, 5.74) is 0. The molecule has 3 rings (SSSR count). The summed E-state index contributed by atoms with van der Waals surface area (Å²) in [5.74, 6) is -0.234. The third-order valence-corrected chi connectivity index (χ3v) is 22.9. The van der Waals surface area contributed by atoms with E-state index in [2.05, 4.69) is 67.8 Å².